The van der Waals surface area contributed by atoms with Crippen LogP contribution in [0.15, 0.2) is 36.9 Å². The fraction of sp³-hybridized carbons (Fsp3) is 0.429. The summed E-state index contributed by atoms with van der Waals surface area (Å²) in [4.78, 5) is 3.94. The van der Waals surface area contributed by atoms with Crippen molar-refractivity contribution in [1.29, 1.82) is 0 Å². The molecule has 1 aromatic carbocycles. The third-order valence-electron chi connectivity index (χ3n) is 3.32. The fourth-order valence-electron chi connectivity index (χ4n) is 2.27. The first-order valence-corrected chi connectivity index (χ1v) is 6.67. The molecule has 1 saturated heterocycles. The Bertz CT molecular complexity index is 489. The molecule has 5 nitrogen and oxygen atoms in total. The molecule has 2 heterocycles. The number of rotatable bonds is 5. The number of anilines is 1. The van der Waals surface area contributed by atoms with Crippen molar-refractivity contribution in [2.75, 3.05) is 18.5 Å². The molecule has 5 heteroatoms. The number of nitrogens with one attached hydrogen (secondary N) is 1. The highest BCUT2D eigenvalue weighted by atomic mass is 16.5. The molecule has 0 radical (unpaired) electrons. The van der Waals surface area contributed by atoms with Gasteiger partial charge in [0, 0.05) is 18.8 Å². The van der Waals surface area contributed by atoms with Gasteiger partial charge in [0.1, 0.15) is 12.7 Å². The molecule has 0 aliphatic carbocycles. The predicted octanol–water partition coefficient (Wildman–Crippen LogP) is 1.92. The molecule has 1 aliphatic heterocycles. The van der Waals surface area contributed by atoms with Crippen LogP contribution in [-0.4, -0.2) is 34.0 Å². The second-order valence-corrected chi connectivity index (χ2v) is 4.81. The van der Waals surface area contributed by atoms with Gasteiger partial charge in [0.2, 0.25) is 0 Å². The van der Waals surface area contributed by atoms with E-state index in [0.29, 0.717) is 6.10 Å². The van der Waals surface area contributed by atoms with E-state index in [0.717, 1.165) is 31.8 Å². The van der Waals surface area contributed by atoms with E-state index in [1.165, 1.54) is 12.0 Å². The summed E-state index contributed by atoms with van der Waals surface area (Å²) in [5, 5.41) is 7.51. The maximum Gasteiger partial charge on any atom is 0.137 e. The summed E-state index contributed by atoms with van der Waals surface area (Å²) >= 11 is 0. The molecule has 2 aromatic rings. The highest BCUT2D eigenvalue weighted by Gasteiger charge is 2.14. The summed E-state index contributed by atoms with van der Waals surface area (Å²) in [5.41, 5.74) is 2.35. The molecule has 1 aliphatic rings. The standard InChI is InChI=1S/C14H18N4O/c1-2-14(19-7-1)8-16-13-5-3-12(4-6-13)9-18-11-15-10-17-18/h3-6,10-11,14,16H,1-2,7-9H2. The molecule has 1 fully saturated rings. The summed E-state index contributed by atoms with van der Waals surface area (Å²) in [5.74, 6) is 0. The molecule has 0 bridgehead atoms. The molecular formula is C14H18N4O. The molecule has 0 saturated carbocycles. The normalized spacial score (nSPS) is 18.6. The second-order valence-electron chi connectivity index (χ2n) is 4.81. The Kier molecular flexibility index (Phi) is 3.74. The van der Waals surface area contributed by atoms with Gasteiger partial charge in [-0.15, -0.1) is 0 Å². The van der Waals surface area contributed by atoms with Crippen molar-refractivity contribution in [3.63, 3.8) is 0 Å². The van der Waals surface area contributed by atoms with E-state index in [2.05, 4.69) is 39.7 Å². The number of hydrogen-bond acceptors (Lipinski definition) is 4. The number of nitrogens with zero attached hydrogens (tertiary/aromatic N) is 3. The SMILES string of the molecule is c1ncn(Cc2ccc(NCC3CCCO3)cc2)n1. The summed E-state index contributed by atoms with van der Waals surface area (Å²) < 4.78 is 7.40. The minimum absolute atomic E-state index is 0.370. The lowest BCUT2D eigenvalue weighted by Crippen LogP contribution is -2.18. The fourth-order valence-corrected chi connectivity index (χ4v) is 2.27. The van der Waals surface area contributed by atoms with Gasteiger partial charge in [0.25, 0.3) is 0 Å². The van der Waals surface area contributed by atoms with Crippen molar-refractivity contribution in [2.45, 2.75) is 25.5 Å². The molecular weight excluding hydrogens is 240 g/mol. The highest BCUT2D eigenvalue weighted by molar-refractivity contribution is 5.44. The topological polar surface area (TPSA) is 52.0 Å². The van der Waals surface area contributed by atoms with Crippen molar-refractivity contribution < 1.29 is 4.74 Å². The van der Waals surface area contributed by atoms with Crippen LogP contribution in [-0.2, 0) is 11.3 Å². The van der Waals surface area contributed by atoms with E-state index in [9.17, 15) is 0 Å². The molecule has 100 valence electrons. The summed E-state index contributed by atoms with van der Waals surface area (Å²) in [6.07, 6.45) is 6.00. The molecule has 1 unspecified atom stereocenters. The quantitative estimate of drug-likeness (QED) is 0.890. The van der Waals surface area contributed by atoms with Crippen LogP contribution in [0.4, 0.5) is 5.69 Å². The average molecular weight is 258 g/mol. The zero-order valence-corrected chi connectivity index (χ0v) is 10.8. The van der Waals surface area contributed by atoms with Gasteiger partial charge in [-0.05, 0) is 30.5 Å². The van der Waals surface area contributed by atoms with Crippen LogP contribution in [0.25, 0.3) is 0 Å². The van der Waals surface area contributed by atoms with Crippen LogP contribution in [0.5, 0.6) is 0 Å². The highest BCUT2D eigenvalue weighted by Crippen LogP contribution is 2.14. The summed E-state index contributed by atoms with van der Waals surface area (Å²) in [7, 11) is 0. The Balaban J connectivity index is 1.53. The molecule has 19 heavy (non-hydrogen) atoms. The molecule has 1 atom stereocenters. The van der Waals surface area contributed by atoms with Crippen molar-refractivity contribution in [3.8, 4) is 0 Å². The van der Waals surface area contributed by atoms with Gasteiger partial charge in [0.15, 0.2) is 0 Å². The van der Waals surface area contributed by atoms with Crippen molar-refractivity contribution in [3.05, 3.63) is 42.5 Å². The van der Waals surface area contributed by atoms with E-state index in [4.69, 9.17) is 4.74 Å². The van der Waals surface area contributed by atoms with E-state index in [1.54, 1.807) is 12.7 Å². The van der Waals surface area contributed by atoms with Gasteiger partial charge in [-0.25, -0.2) is 9.67 Å². The first-order valence-electron chi connectivity index (χ1n) is 6.67. The molecule has 1 N–H and O–H groups in total. The van der Waals surface area contributed by atoms with Crippen LogP contribution in [0.3, 0.4) is 0 Å². The van der Waals surface area contributed by atoms with Crippen molar-refractivity contribution in [2.24, 2.45) is 0 Å². The number of aromatic nitrogens is 3. The third-order valence-corrected chi connectivity index (χ3v) is 3.32. The number of hydrogen-bond donors (Lipinski definition) is 1. The van der Waals surface area contributed by atoms with Gasteiger partial charge in [0.05, 0.1) is 12.6 Å². The lowest BCUT2D eigenvalue weighted by atomic mass is 10.2. The number of benzene rings is 1. The van der Waals surface area contributed by atoms with Gasteiger partial charge in [-0.2, -0.15) is 5.10 Å². The number of ether oxygens (including phenoxy) is 1. The van der Waals surface area contributed by atoms with Gasteiger partial charge in [-0.1, -0.05) is 12.1 Å². The summed E-state index contributed by atoms with van der Waals surface area (Å²) in [6, 6.07) is 8.42. The second kappa shape index (κ2) is 5.84. The Morgan fingerprint density at radius 3 is 2.89 bits per heavy atom. The van der Waals surface area contributed by atoms with E-state index in [-0.39, 0.29) is 0 Å². The molecule has 0 spiro atoms. The van der Waals surface area contributed by atoms with Crippen molar-refractivity contribution >= 4 is 5.69 Å². The average Bonchev–Trinajstić information content (AvgIpc) is 3.11. The minimum atomic E-state index is 0.370. The lowest BCUT2D eigenvalue weighted by Gasteiger charge is -2.12. The Morgan fingerprint density at radius 1 is 1.32 bits per heavy atom. The van der Waals surface area contributed by atoms with Crippen LogP contribution in [0, 0.1) is 0 Å². The Labute approximate surface area is 112 Å². The van der Waals surface area contributed by atoms with Crippen LogP contribution in [0.2, 0.25) is 0 Å². The van der Waals surface area contributed by atoms with E-state index < -0.39 is 0 Å². The maximum absolute atomic E-state index is 5.59. The smallest absolute Gasteiger partial charge is 0.137 e. The first kappa shape index (κ1) is 12.2. The molecule has 1 aromatic heterocycles. The molecule has 3 rings (SSSR count). The van der Waals surface area contributed by atoms with Crippen LogP contribution < -0.4 is 5.32 Å². The van der Waals surface area contributed by atoms with Gasteiger partial charge < -0.3 is 10.1 Å². The first-order chi connectivity index (χ1) is 9.40. The minimum Gasteiger partial charge on any atom is -0.382 e. The predicted molar refractivity (Wildman–Crippen MR) is 73.0 cm³/mol. The van der Waals surface area contributed by atoms with Crippen LogP contribution >= 0.6 is 0 Å². The maximum atomic E-state index is 5.59. The van der Waals surface area contributed by atoms with Crippen LogP contribution in [0.1, 0.15) is 18.4 Å². The lowest BCUT2D eigenvalue weighted by molar-refractivity contribution is 0.120. The molecule has 0 amide bonds. The Hall–Kier alpha value is -1.88. The largest absolute Gasteiger partial charge is 0.382 e. The van der Waals surface area contributed by atoms with E-state index >= 15 is 0 Å². The van der Waals surface area contributed by atoms with Gasteiger partial charge in [-0.3, -0.25) is 0 Å². The van der Waals surface area contributed by atoms with Crippen molar-refractivity contribution in [1.82, 2.24) is 14.8 Å². The van der Waals surface area contributed by atoms with Gasteiger partial charge >= 0.3 is 0 Å². The zero-order chi connectivity index (χ0) is 12.9. The Morgan fingerprint density at radius 2 is 2.21 bits per heavy atom. The third kappa shape index (κ3) is 3.32. The summed E-state index contributed by atoms with van der Waals surface area (Å²) in [6.45, 7) is 2.55. The zero-order valence-electron chi connectivity index (χ0n) is 10.8. The van der Waals surface area contributed by atoms with E-state index in [1.807, 2.05) is 4.68 Å². The monoisotopic (exact) mass is 258 g/mol.